The number of hydrogen-bond acceptors (Lipinski definition) is 6. The fourth-order valence-electron chi connectivity index (χ4n) is 3.31. The van der Waals surface area contributed by atoms with Crippen LogP contribution in [0.1, 0.15) is 51.9 Å². The van der Waals surface area contributed by atoms with Crippen LogP contribution in [-0.2, 0) is 17.7 Å². The van der Waals surface area contributed by atoms with E-state index in [1.54, 1.807) is 11.8 Å². The van der Waals surface area contributed by atoms with E-state index in [9.17, 15) is 9.59 Å². The van der Waals surface area contributed by atoms with Crippen molar-refractivity contribution in [1.82, 2.24) is 4.90 Å². The Labute approximate surface area is 174 Å². The molecule has 0 radical (unpaired) electrons. The Hall–Kier alpha value is -1.83. The second-order valence-corrected chi connectivity index (χ2v) is 9.37. The third-order valence-electron chi connectivity index (χ3n) is 4.86. The molecule has 150 valence electrons. The van der Waals surface area contributed by atoms with Crippen LogP contribution in [0.2, 0.25) is 0 Å². The molecule has 1 amide bonds. The minimum atomic E-state index is -0.388. The van der Waals surface area contributed by atoms with E-state index in [1.165, 1.54) is 18.4 Å². The molecule has 0 saturated carbocycles. The number of nitrogens with one attached hydrogen (secondary N) is 1. The fourth-order valence-corrected chi connectivity index (χ4v) is 5.23. The molecule has 0 spiro atoms. The van der Waals surface area contributed by atoms with Gasteiger partial charge in [0.2, 0.25) is 0 Å². The molecule has 1 aliphatic rings. The van der Waals surface area contributed by atoms with Crippen molar-refractivity contribution in [2.75, 3.05) is 24.7 Å². The first-order valence-electron chi connectivity index (χ1n) is 9.45. The number of carbonyl (C=O) groups is 2. The number of thioether (sulfide) groups is 1. The minimum absolute atomic E-state index is 0.211. The van der Waals surface area contributed by atoms with Gasteiger partial charge in [0.15, 0.2) is 0 Å². The van der Waals surface area contributed by atoms with Crippen molar-refractivity contribution in [1.29, 1.82) is 0 Å². The molecule has 1 aromatic carbocycles. The first-order valence-corrected chi connectivity index (χ1v) is 11.3. The number of ether oxygens (including phenoxy) is 1. The van der Waals surface area contributed by atoms with Gasteiger partial charge in [0.1, 0.15) is 5.00 Å². The van der Waals surface area contributed by atoms with Crippen LogP contribution in [0.15, 0.2) is 29.2 Å². The fraction of sp³-hybridized carbons (Fsp3) is 0.429. The Balaban J connectivity index is 1.86. The Kier molecular flexibility index (Phi) is 6.80. The molecule has 0 saturated heterocycles. The number of fused-ring (bicyclic) bond motifs is 1. The lowest BCUT2D eigenvalue weighted by atomic mass is 10.0. The largest absolute Gasteiger partial charge is 0.465 e. The molecule has 0 aliphatic carbocycles. The van der Waals surface area contributed by atoms with E-state index in [-0.39, 0.29) is 11.9 Å². The molecule has 0 bridgehead atoms. The Morgan fingerprint density at radius 1 is 1.29 bits per heavy atom. The van der Waals surface area contributed by atoms with E-state index < -0.39 is 0 Å². The highest BCUT2D eigenvalue weighted by Crippen LogP contribution is 2.38. The number of amides is 1. The Bertz CT molecular complexity index is 859. The average molecular weight is 419 g/mol. The first kappa shape index (κ1) is 20.9. The van der Waals surface area contributed by atoms with Crippen LogP contribution in [-0.4, -0.2) is 42.2 Å². The number of hydrogen-bond donors (Lipinski definition) is 1. The number of nitrogens with zero attached hydrogens (tertiary/aromatic N) is 1. The maximum atomic E-state index is 12.8. The van der Waals surface area contributed by atoms with E-state index in [1.807, 2.05) is 24.3 Å². The van der Waals surface area contributed by atoms with E-state index in [2.05, 4.69) is 31.0 Å². The SMILES string of the molecule is CCSc1ccc(C(=O)Nc2sc3c(c2C(=O)OC)CCN(C(C)C)C3)cc1. The lowest BCUT2D eigenvalue weighted by Crippen LogP contribution is -2.35. The summed E-state index contributed by atoms with van der Waals surface area (Å²) in [6, 6.07) is 7.97. The third kappa shape index (κ3) is 4.42. The number of anilines is 1. The van der Waals surface area contributed by atoms with E-state index in [0.717, 1.165) is 40.6 Å². The van der Waals surface area contributed by atoms with Crippen LogP contribution >= 0.6 is 23.1 Å². The number of carbonyl (C=O) groups excluding carboxylic acids is 2. The molecule has 0 fully saturated rings. The number of methoxy groups -OCH3 is 1. The van der Waals surface area contributed by atoms with Gasteiger partial charge in [-0.15, -0.1) is 23.1 Å². The van der Waals surface area contributed by atoms with Gasteiger partial charge < -0.3 is 10.1 Å². The number of rotatable bonds is 6. The van der Waals surface area contributed by atoms with Gasteiger partial charge in [-0.3, -0.25) is 9.69 Å². The summed E-state index contributed by atoms with van der Waals surface area (Å²) in [6.45, 7) is 8.13. The molecule has 1 aliphatic heterocycles. The summed E-state index contributed by atoms with van der Waals surface area (Å²) in [5, 5.41) is 3.53. The molecule has 0 unspecified atom stereocenters. The molecule has 3 rings (SSSR count). The third-order valence-corrected chi connectivity index (χ3v) is 6.89. The van der Waals surface area contributed by atoms with Crippen LogP contribution in [0.25, 0.3) is 0 Å². The summed E-state index contributed by atoms with van der Waals surface area (Å²) in [6.07, 6.45) is 0.785. The van der Waals surface area contributed by atoms with Crippen molar-refractivity contribution in [3.8, 4) is 0 Å². The van der Waals surface area contributed by atoms with Crippen molar-refractivity contribution in [2.24, 2.45) is 0 Å². The van der Waals surface area contributed by atoms with Crippen LogP contribution in [0.5, 0.6) is 0 Å². The van der Waals surface area contributed by atoms with Gasteiger partial charge in [-0.1, -0.05) is 6.92 Å². The molecule has 7 heteroatoms. The molecular weight excluding hydrogens is 392 g/mol. The zero-order valence-corrected chi connectivity index (χ0v) is 18.3. The van der Waals surface area contributed by atoms with Gasteiger partial charge in [-0.2, -0.15) is 0 Å². The topological polar surface area (TPSA) is 58.6 Å². The van der Waals surface area contributed by atoms with Crippen LogP contribution in [0, 0.1) is 0 Å². The number of thiophene rings is 1. The Morgan fingerprint density at radius 3 is 2.61 bits per heavy atom. The van der Waals surface area contributed by atoms with Gasteiger partial charge in [0.25, 0.3) is 5.91 Å². The summed E-state index contributed by atoms with van der Waals surface area (Å²) in [4.78, 5) is 29.8. The van der Waals surface area contributed by atoms with E-state index >= 15 is 0 Å². The normalized spacial score (nSPS) is 14.0. The van der Waals surface area contributed by atoms with Gasteiger partial charge in [0, 0.05) is 34.5 Å². The summed E-state index contributed by atoms with van der Waals surface area (Å²) in [7, 11) is 1.38. The summed E-state index contributed by atoms with van der Waals surface area (Å²) < 4.78 is 5.01. The maximum absolute atomic E-state index is 12.8. The zero-order valence-electron chi connectivity index (χ0n) is 16.7. The highest BCUT2D eigenvalue weighted by molar-refractivity contribution is 7.99. The monoisotopic (exact) mass is 418 g/mol. The predicted octanol–water partition coefficient (Wildman–Crippen LogP) is 4.67. The summed E-state index contributed by atoms with van der Waals surface area (Å²) >= 11 is 3.22. The molecule has 2 aromatic rings. The number of esters is 1. The smallest absolute Gasteiger partial charge is 0.341 e. The zero-order chi connectivity index (χ0) is 20.3. The van der Waals surface area contributed by atoms with Gasteiger partial charge in [-0.05, 0) is 55.9 Å². The molecule has 2 heterocycles. The minimum Gasteiger partial charge on any atom is -0.465 e. The highest BCUT2D eigenvalue weighted by Gasteiger charge is 2.30. The second kappa shape index (κ2) is 9.11. The van der Waals surface area contributed by atoms with E-state index in [4.69, 9.17) is 4.74 Å². The van der Waals surface area contributed by atoms with Crippen molar-refractivity contribution < 1.29 is 14.3 Å². The quantitative estimate of drug-likeness (QED) is 0.546. The maximum Gasteiger partial charge on any atom is 0.341 e. The van der Waals surface area contributed by atoms with E-state index in [0.29, 0.717) is 22.2 Å². The van der Waals surface area contributed by atoms with Gasteiger partial charge in [0.05, 0.1) is 12.7 Å². The standard InChI is InChI=1S/C21H26N2O3S2/c1-5-27-15-8-6-14(7-9-15)19(24)22-20-18(21(25)26-4)16-10-11-23(13(2)3)12-17(16)28-20/h6-9,13H,5,10-12H2,1-4H3,(H,22,24). The molecular formula is C21H26N2O3S2. The second-order valence-electron chi connectivity index (χ2n) is 6.93. The Morgan fingerprint density at radius 2 is 2.00 bits per heavy atom. The summed E-state index contributed by atoms with van der Waals surface area (Å²) in [5.74, 6) is 0.389. The molecule has 1 aromatic heterocycles. The number of benzene rings is 1. The van der Waals surface area contributed by atoms with Gasteiger partial charge in [-0.25, -0.2) is 4.79 Å². The molecule has 28 heavy (non-hydrogen) atoms. The van der Waals surface area contributed by atoms with Crippen molar-refractivity contribution in [3.05, 3.63) is 45.8 Å². The van der Waals surface area contributed by atoms with Crippen molar-refractivity contribution in [2.45, 2.75) is 44.7 Å². The van der Waals surface area contributed by atoms with Crippen molar-refractivity contribution >= 4 is 40.0 Å². The van der Waals surface area contributed by atoms with Crippen LogP contribution in [0.3, 0.4) is 0 Å². The lowest BCUT2D eigenvalue weighted by Gasteiger charge is -2.30. The van der Waals surface area contributed by atoms with Gasteiger partial charge >= 0.3 is 5.97 Å². The lowest BCUT2D eigenvalue weighted by molar-refractivity contribution is 0.0600. The predicted molar refractivity (Wildman–Crippen MR) is 116 cm³/mol. The van der Waals surface area contributed by atoms with Crippen molar-refractivity contribution in [3.63, 3.8) is 0 Å². The molecule has 0 atom stereocenters. The average Bonchev–Trinajstić information content (AvgIpc) is 3.05. The molecule has 5 nitrogen and oxygen atoms in total. The molecule has 1 N–H and O–H groups in total. The summed E-state index contributed by atoms with van der Waals surface area (Å²) in [5.41, 5.74) is 2.10. The van der Waals surface area contributed by atoms with Crippen LogP contribution < -0.4 is 5.32 Å². The first-order chi connectivity index (χ1) is 13.4. The van der Waals surface area contributed by atoms with Crippen LogP contribution in [0.4, 0.5) is 5.00 Å². The highest BCUT2D eigenvalue weighted by atomic mass is 32.2.